The Morgan fingerprint density at radius 1 is 0.909 bits per heavy atom. The van der Waals surface area contributed by atoms with Crippen LogP contribution in [0.1, 0.15) is 20.8 Å². The molecule has 0 aromatic carbocycles. The monoisotopic (exact) mass is 360 g/mol. The summed E-state index contributed by atoms with van der Waals surface area (Å²) in [7, 11) is -4.97. The maximum atomic E-state index is 12.0. The highest BCUT2D eigenvalue weighted by atomic mass is 31.2. The van der Waals surface area contributed by atoms with Gasteiger partial charge < -0.3 is 4.74 Å². The molecule has 0 saturated heterocycles. The van der Waals surface area contributed by atoms with Gasteiger partial charge in [-0.25, -0.2) is 0 Å². The summed E-state index contributed by atoms with van der Waals surface area (Å²) in [5.41, 5.74) is -1.07. The van der Waals surface area contributed by atoms with E-state index in [-0.39, 0.29) is 0 Å². The SMILES string of the molecule is CC(C)(C)OC(=O)CP(=O)(OCC(F)(F)F)OCC(F)(F)F. The zero-order chi connectivity index (χ0) is 17.8. The van der Waals surface area contributed by atoms with Crippen molar-refractivity contribution < 1.29 is 49.5 Å². The predicted octanol–water partition coefficient (Wildman–Crippen LogP) is 3.68. The summed E-state index contributed by atoms with van der Waals surface area (Å²) in [5, 5.41) is 0. The highest BCUT2D eigenvalue weighted by Crippen LogP contribution is 2.50. The van der Waals surface area contributed by atoms with Crippen LogP contribution in [0.2, 0.25) is 0 Å². The molecule has 0 bridgehead atoms. The number of hydrogen-bond acceptors (Lipinski definition) is 5. The van der Waals surface area contributed by atoms with Crippen LogP contribution >= 0.6 is 7.60 Å². The molecule has 0 aliphatic carbocycles. The van der Waals surface area contributed by atoms with E-state index in [1.165, 1.54) is 20.8 Å². The number of hydrogen-bond donors (Lipinski definition) is 0. The zero-order valence-corrected chi connectivity index (χ0v) is 12.8. The lowest BCUT2D eigenvalue weighted by Gasteiger charge is -2.23. The standard InChI is InChI=1S/C10H15F6O5P/c1-8(2,3)21-7(17)4-22(18,19-5-9(11,12)13)20-6-10(14,15)16/h4-6H2,1-3H3. The fourth-order valence-corrected chi connectivity index (χ4v) is 2.33. The molecule has 0 aliphatic rings. The topological polar surface area (TPSA) is 61.8 Å². The van der Waals surface area contributed by atoms with E-state index in [1.807, 2.05) is 0 Å². The summed E-state index contributed by atoms with van der Waals surface area (Å²) in [6.45, 7) is -0.0230. The number of carbonyl (C=O) groups excluding carboxylic acids is 1. The Hall–Kier alpha value is -0.800. The molecule has 132 valence electrons. The van der Waals surface area contributed by atoms with Crippen molar-refractivity contribution in [2.75, 3.05) is 19.4 Å². The van der Waals surface area contributed by atoms with Crippen LogP contribution in [0.5, 0.6) is 0 Å². The van der Waals surface area contributed by atoms with Gasteiger partial charge in [-0.2, -0.15) is 26.3 Å². The third kappa shape index (κ3) is 11.8. The van der Waals surface area contributed by atoms with Crippen molar-refractivity contribution in [3.8, 4) is 0 Å². The molecular formula is C10H15F6O5P. The second-order valence-electron chi connectivity index (χ2n) is 5.13. The van der Waals surface area contributed by atoms with Gasteiger partial charge in [0.25, 0.3) is 0 Å². The number of esters is 1. The lowest BCUT2D eigenvalue weighted by Crippen LogP contribution is -2.28. The quantitative estimate of drug-likeness (QED) is 0.411. The lowest BCUT2D eigenvalue weighted by molar-refractivity contribution is -0.167. The molecule has 0 aliphatic heterocycles. The number of carbonyl (C=O) groups is 1. The van der Waals surface area contributed by atoms with E-state index in [0.717, 1.165) is 0 Å². The molecule has 0 heterocycles. The first-order chi connectivity index (χ1) is 9.52. The van der Waals surface area contributed by atoms with Crippen LogP contribution in [0.25, 0.3) is 0 Å². The zero-order valence-electron chi connectivity index (χ0n) is 11.9. The summed E-state index contributed by atoms with van der Waals surface area (Å²) in [6, 6.07) is 0. The Morgan fingerprint density at radius 2 is 1.27 bits per heavy atom. The molecule has 0 aromatic heterocycles. The van der Waals surface area contributed by atoms with Gasteiger partial charge in [0.1, 0.15) is 11.8 Å². The summed E-state index contributed by atoms with van der Waals surface area (Å²) in [5.74, 6) is -1.31. The molecule has 0 rings (SSSR count). The van der Waals surface area contributed by atoms with E-state index in [0.29, 0.717) is 0 Å². The van der Waals surface area contributed by atoms with Crippen LogP contribution in [0.15, 0.2) is 0 Å². The molecule has 12 heteroatoms. The minimum absolute atomic E-state index is 1.07. The average Bonchev–Trinajstić information content (AvgIpc) is 2.19. The molecule has 0 radical (unpaired) electrons. The number of halogens is 6. The van der Waals surface area contributed by atoms with Gasteiger partial charge in [0.05, 0.1) is 0 Å². The number of alkyl halides is 6. The Labute approximate surface area is 122 Å². The third-order valence-corrected chi connectivity index (χ3v) is 3.28. The van der Waals surface area contributed by atoms with E-state index < -0.39 is 50.9 Å². The van der Waals surface area contributed by atoms with Gasteiger partial charge in [-0.1, -0.05) is 0 Å². The fourth-order valence-electron chi connectivity index (χ4n) is 1.00. The van der Waals surface area contributed by atoms with Crippen molar-refractivity contribution in [3.63, 3.8) is 0 Å². The summed E-state index contributed by atoms with van der Waals surface area (Å²) in [6.07, 6.45) is -11.3. The second kappa shape index (κ2) is 7.18. The van der Waals surface area contributed by atoms with E-state index in [2.05, 4.69) is 13.8 Å². The fraction of sp³-hybridized carbons (Fsp3) is 0.900. The third-order valence-electron chi connectivity index (χ3n) is 1.59. The average molecular weight is 360 g/mol. The maximum Gasteiger partial charge on any atom is 0.412 e. The van der Waals surface area contributed by atoms with Crippen molar-refractivity contribution in [2.45, 2.75) is 38.7 Å². The summed E-state index contributed by atoms with van der Waals surface area (Å²) >= 11 is 0. The number of ether oxygens (including phenoxy) is 1. The van der Waals surface area contributed by atoms with Crippen molar-refractivity contribution >= 4 is 13.6 Å². The van der Waals surface area contributed by atoms with Crippen molar-refractivity contribution in [1.29, 1.82) is 0 Å². The lowest BCUT2D eigenvalue weighted by atomic mass is 10.2. The molecule has 0 unspecified atom stereocenters. The predicted molar refractivity (Wildman–Crippen MR) is 62.3 cm³/mol. The molecule has 5 nitrogen and oxygen atoms in total. The smallest absolute Gasteiger partial charge is 0.412 e. The van der Waals surface area contributed by atoms with E-state index in [4.69, 9.17) is 0 Å². The Kier molecular flexibility index (Phi) is 6.92. The van der Waals surface area contributed by atoms with Gasteiger partial charge >= 0.3 is 25.9 Å². The van der Waals surface area contributed by atoms with E-state index in [1.54, 1.807) is 0 Å². The highest BCUT2D eigenvalue weighted by Gasteiger charge is 2.40. The first kappa shape index (κ1) is 21.2. The Bertz CT molecular complexity index is 403. The largest absolute Gasteiger partial charge is 0.459 e. The minimum Gasteiger partial charge on any atom is -0.459 e. The van der Waals surface area contributed by atoms with Crippen molar-refractivity contribution in [3.05, 3.63) is 0 Å². The molecule has 0 fully saturated rings. The van der Waals surface area contributed by atoms with E-state index >= 15 is 0 Å². The van der Waals surface area contributed by atoms with Gasteiger partial charge in [0.2, 0.25) is 0 Å². The first-order valence-corrected chi connectivity index (χ1v) is 7.48. The molecule has 0 spiro atoms. The van der Waals surface area contributed by atoms with Crippen LogP contribution in [-0.4, -0.2) is 43.3 Å². The minimum atomic E-state index is -4.97. The normalized spacial score (nSPS) is 14.0. The molecule has 0 amide bonds. The van der Waals surface area contributed by atoms with Crippen LogP contribution in [0.3, 0.4) is 0 Å². The van der Waals surface area contributed by atoms with Crippen molar-refractivity contribution in [1.82, 2.24) is 0 Å². The van der Waals surface area contributed by atoms with Gasteiger partial charge in [0.15, 0.2) is 13.2 Å². The summed E-state index contributed by atoms with van der Waals surface area (Å²) < 4.78 is 96.5. The maximum absolute atomic E-state index is 12.0. The molecular weight excluding hydrogens is 345 g/mol. The second-order valence-corrected chi connectivity index (χ2v) is 7.19. The van der Waals surface area contributed by atoms with Crippen LogP contribution in [0.4, 0.5) is 26.3 Å². The van der Waals surface area contributed by atoms with E-state index in [9.17, 15) is 35.7 Å². The van der Waals surface area contributed by atoms with Gasteiger partial charge in [-0.15, -0.1) is 0 Å². The first-order valence-electron chi connectivity index (χ1n) is 5.75. The Morgan fingerprint density at radius 3 is 1.55 bits per heavy atom. The number of rotatable bonds is 6. The van der Waals surface area contributed by atoms with Crippen LogP contribution in [-0.2, 0) is 23.1 Å². The molecule has 0 atom stereocenters. The van der Waals surface area contributed by atoms with Gasteiger partial charge in [-0.3, -0.25) is 18.4 Å². The highest BCUT2D eigenvalue weighted by molar-refractivity contribution is 7.54. The van der Waals surface area contributed by atoms with Crippen molar-refractivity contribution in [2.24, 2.45) is 0 Å². The van der Waals surface area contributed by atoms with Crippen LogP contribution in [0, 0.1) is 0 Å². The van der Waals surface area contributed by atoms with Crippen LogP contribution < -0.4 is 0 Å². The molecule has 0 aromatic rings. The summed E-state index contributed by atoms with van der Waals surface area (Å²) in [4.78, 5) is 11.4. The van der Waals surface area contributed by atoms with Gasteiger partial charge in [0, 0.05) is 0 Å². The Balaban J connectivity index is 4.92. The molecule has 0 saturated carbocycles. The molecule has 0 N–H and O–H groups in total. The molecule has 22 heavy (non-hydrogen) atoms. The van der Waals surface area contributed by atoms with Gasteiger partial charge in [-0.05, 0) is 20.8 Å².